The summed E-state index contributed by atoms with van der Waals surface area (Å²) in [5.74, 6) is 0.715. The Morgan fingerprint density at radius 2 is 1.79 bits per heavy atom. The van der Waals surface area contributed by atoms with Gasteiger partial charge < -0.3 is 9.88 Å². The number of aryl methyl sites for hydroxylation is 3. The van der Waals surface area contributed by atoms with E-state index in [-0.39, 0.29) is 5.91 Å². The summed E-state index contributed by atoms with van der Waals surface area (Å²) in [4.78, 5) is 19.4. The maximum absolute atomic E-state index is 12.6. The van der Waals surface area contributed by atoms with Gasteiger partial charge in [0.1, 0.15) is 0 Å². The van der Waals surface area contributed by atoms with Crippen molar-refractivity contribution in [3.63, 3.8) is 0 Å². The molecule has 152 valence electrons. The maximum Gasteiger partial charge on any atom is 0.238 e. The lowest BCUT2D eigenvalue weighted by atomic mass is 9.96. The van der Waals surface area contributed by atoms with Gasteiger partial charge >= 0.3 is 0 Å². The summed E-state index contributed by atoms with van der Waals surface area (Å²) in [6, 6.07) is 12.5. The van der Waals surface area contributed by atoms with Crippen LogP contribution in [0.3, 0.4) is 0 Å². The lowest BCUT2D eigenvalue weighted by Crippen LogP contribution is -2.40. The van der Waals surface area contributed by atoms with Crippen molar-refractivity contribution in [3.8, 4) is 0 Å². The zero-order valence-corrected chi connectivity index (χ0v) is 17.6. The van der Waals surface area contributed by atoms with Gasteiger partial charge in [-0.15, -0.1) is 0 Å². The predicted molar refractivity (Wildman–Crippen MR) is 118 cm³/mol. The summed E-state index contributed by atoms with van der Waals surface area (Å²) in [5, 5.41) is 3.13. The topological polar surface area (TPSA) is 50.2 Å². The van der Waals surface area contributed by atoms with Gasteiger partial charge in [0.25, 0.3) is 0 Å². The molecule has 5 nitrogen and oxygen atoms in total. The molecule has 2 aromatic carbocycles. The molecule has 1 aliphatic heterocycles. The summed E-state index contributed by atoms with van der Waals surface area (Å²) >= 11 is 0. The molecule has 1 saturated heterocycles. The van der Waals surface area contributed by atoms with Crippen molar-refractivity contribution in [2.75, 3.05) is 25.0 Å². The Balaban J connectivity index is 1.29. The van der Waals surface area contributed by atoms with Crippen LogP contribution in [0.1, 0.15) is 29.5 Å². The highest BCUT2D eigenvalue weighted by molar-refractivity contribution is 5.93. The number of imidazole rings is 1. The molecule has 0 radical (unpaired) electrons. The van der Waals surface area contributed by atoms with Crippen molar-refractivity contribution >= 4 is 22.6 Å². The van der Waals surface area contributed by atoms with Gasteiger partial charge in [-0.3, -0.25) is 9.69 Å². The number of fused-ring (bicyclic) bond motifs is 1. The number of nitrogens with one attached hydrogen (secondary N) is 1. The SMILES string of the molecule is Cc1cc(C)c(NC(=O)CN2CCC(Cn3cnc4ccccc43)CC2)c(C)c1. The number of rotatable bonds is 5. The van der Waals surface area contributed by atoms with E-state index in [4.69, 9.17) is 0 Å². The van der Waals surface area contributed by atoms with Crippen molar-refractivity contribution in [1.29, 1.82) is 0 Å². The summed E-state index contributed by atoms with van der Waals surface area (Å²) in [6.07, 6.45) is 4.18. The molecule has 0 atom stereocenters. The third-order valence-electron chi connectivity index (χ3n) is 6.00. The molecule has 1 N–H and O–H groups in total. The highest BCUT2D eigenvalue weighted by Crippen LogP contribution is 2.23. The van der Waals surface area contributed by atoms with Crippen LogP contribution in [0.25, 0.3) is 11.0 Å². The van der Waals surface area contributed by atoms with Crippen LogP contribution in [0.2, 0.25) is 0 Å². The van der Waals surface area contributed by atoms with Gasteiger partial charge in [-0.25, -0.2) is 4.98 Å². The number of amides is 1. The largest absolute Gasteiger partial charge is 0.330 e. The van der Waals surface area contributed by atoms with E-state index in [0.717, 1.165) is 54.8 Å². The van der Waals surface area contributed by atoms with E-state index in [0.29, 0.717) is 12.5 Å². The van der Waals surface area contributed by atoms with Crippen LogP contribution in [0.15, 0.2) is 42.7 Å². The van der Waals surface area contributed by atoms with Crippen molar-refractivity contribution in [2.45, 2.75) is 40.2 Å². The molecule has 1 amide bonds. The van der Waals surface area contributed by atoms with Crippen LogP contribution in [0.4, 0.5) is 5.69 Å². The highest BCUT2D eigenvalue weighted by Gasteiger charge is 2.22. The molecule has 0 bridgehead atoms. The number of carbonyl (C=O) groups is 1. The highest BCUT2D eigenvalue weighted by atomic mass is 16.2. The van der Waals surface area contributed by atoms with Gasteiger partial charge in [-0.05, 0) is 75.9 Å². The van der Waals surface area contributed by atoms with E-state index in [1.165, 1.54) is 11.1 Å². The van der Waals surface area contributed by atoms with Crippen LogP contribution >= 0.6 is 0 Å². The van der Waals surface area contributed by atoms with Crippen molar-refractivity contribution in [3.05, 3.63) is 59.4 Å². The number of para-hydroxylation sites is 2. The Labute approximate surface area is 172 Å². The molecule has 4 rings (SSSR count). The minimum absolute atomic E-state index is 0.0825. The van der Waals surface area contributed by atoms with E-state index in [1.54, 1.807) is 0 Å². The molecule has 0 saturated carbocycles. The van der Waals surface area contributed by atoms with Gasteiger partial charge in [0, 0.05) is 12.2 Å². The lowest BCUT2D eigenvalue weighted by Gasteiger charge is -2.31. The number of likely N-dealkylation sites (tertiary alicyclic amines) is 1. The summed E-state index contributed by atoms with van der Waals surface area (Å²) < 4.78 is 2.27. The Bertz CT molecular complexity index is 992. The van der Waals surface area contributed by atoms with Gasteiger partial charge in [-0.2, -0.15) is 0 Å². The van der Waals surface area contributed by atoms with E-state index in [1.807, 2.05) is 12.4 Å². The Hall–Kier alpha value is -2.66. The van der Waals surface area contributed by atoms with Gasteiger partial charge in [0.05, 0.1) is 23.9 Å². The summed E-state index contributed by atoms with van der Waals surface area (Å²) in [6.45, 7) is 9.60. The van der Waals surface area contributed by atoms with E-state index in [2.05, 4.69) is 70.9 Å². The molecular weight excluding hydrogens is 360 g/mol. The Morgan fingerprint density at radius 1 is 1.10 bits per heavy atom. The fourth-order valence-corrected chi connectivity index (χ4v) is 4.52. The van der Waals surface area contributed by atoms with Crippen LogP contribution in [0, 0.1) is 26.7 Å². The second kappa shape index (κ2) is 8.37. The van der Waals surface area contributed by atoms with Crippen LogP contribution in [0.5, 0.6) is 0 Å². The average molecular weight is 391 g/mol. The minimum Gasteiger partial charge on any atom is -0.330 e. The molecular formula is C24H30N4O. The quantitative estimate of drug-likeness (QED) is 0.706. The zero-order valence-electron chi connectivity index (χ0n) is 17.6. The smallest absolute Gasteiger partial charge is 0.238 e. The minimum atomic E-state index is 0.0825. The summed E-state index contributed by atoms with van der Waals surface area (Å²) in [7, 11) is 0. The van der Waals surface area contributed by atoms with E-state index < -0.39 is 0 Å². The van der Waals surface area contributed by atoms with E-state index in [9.17, 15) is 4.79 Å². The third-order valence-corrected chi connectivity index (χ3v) is 6.00. The first-order valence-electron chi connectivity index (χ1n) is 10.5. The molecule has 2 heterocycles. The molecule has 1 fully saturated rings. The second-order valence-electron chi connectivity index (χ2n) is 8.43. The number of anilines is 1. The van der Waals surface area contributed by atoms with Crippen molar-refractivity contribution in [1.82, 2.24) is 14.5 Å². The molecule has 0 unspecified atom stereocenters. The first-order chi connectivity index (χ1) is 14.0. The first-order valence-corrected chi connectivity index (χ1v) is 10.5. The molecule has 1 aromatic heterocycles. The number of hydrogen-bond donors (Lipinski definition) is 1. The fourth-order valence-electron chi connectivity index (χ4n) is 4.52. The average Bonchev–Trinajstić information content (AvgIpc) is 3.09. The van der Waals surface area contributed by atoms with Crippen molar-refractivity contribution < 1.29 is 4.79 Å². The Morgan fingerprint density at radius 3 is 2.52 bits per heavy atom. The van der Waals surface area contributed by atoms with E-state index >= 15 is 0 Å². The number of benzene rings is 2. The van der Waals surface area contributed by atoms with Crippen LogP contribution in [-0.4, -0.2) is 40.0 Å². The molecule has 5 heteroatoms. The normalized spacial score (nSPS) is 15.7. The molecule has 1 aliphatic rings. The zero-order chi connectivity index (χ0) is 20.4. The standard InChI is InChI=1S/C24H30N4O/c1-17-12-18(2)24(19(3)13-17)26-23(29)15-27-10-8-20(9-11-27)14-28-16-25-21-6-4-5-7-22(21)28/h4-7,12-13,16,20H,8-11,14-15H2,1-3H3,(H,26,29). The number of nitrogens with zero attached hydrogens (tertiary/aromatic N) is 3. The Kier molecular flexibility index (Phi) is 5.67. The maximum atomic E-state index is 12.6. The fraction of sp³-hybridized carbons (Fsp3) is 0.417. The van der Waals surface area contributed by atoms with Crippen LogP contribution < -0.4 is 5.32 Å². The number of hydrogen-bond acceptors (Lipinski definition) is 3. The van der Waals surface area contributed by atoms with Gasteiger partial charge in [0.2, 0.25) is 5.91 Å². The third kappa shape index (κ3) is 4.51. The predicted octanol–water partition coefficient (Wildman–Crippen LogP) is 4.31. The number of piperidine rings is 1. The second-order valence-corrected chi connectivity index (χ2v) is 8.43. The van der Waals surface area contributed by atoms with Gasteiger partial charge in [-0.1, -0.05) is 29.8 Å². The summed E-state index contributed by atoms with van der Waals surface area (Å²) in [5.41, 5.74) is 6.71. The molecule has 3 aromatic rings. The monoisotopic (exact) mass is 390 g/mol. The van der Waals surface area contributed by atoms with Crippen molar-refractivity contribution in [2.24, 2.45) is 5.92 Å². The lowest BCUT2D eigenvalue weighted by molar-refractivity contribution is -0.117. The molecule has 0 spiro atoms. The number of aromatic nitrogens is 2. The number of carbonyl (C=O) groups excluding carboxylic acids is 1. The van der Waals surface area contributed by atoms with Gasteiger partial charge in [0.15, 0.2) is 0 Å². The van der Waals surface area contributed by atoms with Crippen LogP contribution in [-0.2, 0) is 11.3 Å². The molecule has 0 aliphatic carbocycles. The molecule has 29 heavy (non-hydrogen) atoms. The first kappa shape index (κ1) is 19.6.